The fraction of sp³-hybridized carbons (Fsp3) is 0.524. The molecule has 1 aliphatic carbocycles. The van der Waals surface area contributed by atoms with Crippen molar-refractivity contribution in [3.05, 3.63) is 46.3 Å². The number of carbonyl (C=O) groups excluding carboxylic acids is 1. The molecule has 2 aromatic rings. The lowest BCUT2D eigenvalue weighted by atomic mass is 10.1. The van der Waals surface area contributed by atoms with Crippen molar-refractivity contribution in [2.24, 2.45) is 5.92 Å². The zero-order valence-electron chi connectivity index (χ0n) is 15.3. The Morgan fingerprint density at radius 3 is 2.77 bits per heavy atom. The third-order valence-electron chi connectivity index (χ3n) is 5.77. The average molecular weight is 354 g/mol. The van der Waals surface area contributed by atoms with Gasteiger partial charge in [-0.3, -0.25) is 9.59 Å². The third-order valence-corrected chi connectivity index (χ3v) is 5.77. The van der Waals surface area contributed by atoms with Crippen LogP contribution in [0.25, 0.3) is 11.0 Å². The topological polar surface area (TPSA) is 53.8 Å². The minimum atomic E-state index is 0.0359. The molecule has 5 heteroatoms. The molecular weight excluding hydrogens is 328 g/mol. The molecule has 0 N–H and O–H groups in total. The van der Waals surface area contributed by atoms with Crippen LogP contribution in [-0.4, -0.2) is 41.9 Å². The lowest BCUT2D eigenvalue weighted by molar-refractivity contribution is -0.129. The first kappa shape index (κ1) is 17.3. The first-order valence-corrected chi connectivity index (χ1v) is 9.59. The van der Waals surface area contributed by atoms with E-state index in [-0.39, 0.29) is 5.43 Å². The van der Waals surface area contributed by atoms with Crippen LogP contribution in [0.2, 0.25) is 0 Å². The van der Waals surface area contributed by atoms with E-state index in [1.54, 1.807) is 12.3 Å². The number of amides is 1. The van der Waals surface area contributed by atoms with Gasteiger partial charge < -0.3 is 14.2 Å². The van der Waals surface area contributed by atoms with Crippen molar-refractivity contribution < 1.29 is 9.21 Å². The van der Waals surface area contributed by atoms with Crippen LogP contribution in [0, 0.1) is 5.92 Å². The van der Waals surface area contributed by atoms with Gasteiger partial charge in [-0.1, -0.05) is 25.0 Å². The van der Waals surface area contributed by atoms with Gasteiger partial charge in [-0.15, -0.1) is 0 Å². The van der Waals surface area contributed by atoms with Gasteiger partial charge in [-0.05, 0) is 37.9 Å². The average Bonchev–Trinajstić information content (AvgIpc) is 3.27. The molecule has 2 fully saturated rings. The van der Waals surface area contributed by atoms with Gasteiger partial charge in [-0.25, -0.2) is 0 Å². The molecule has 1 saturated carbocycles. The van der Waals surface area contributed by atoms with Gasteiger partial charge >= 0.3 is 0 Å². The van der Waals surface area contributed by atoms with Crippen molar-refractivity contribution >= 4 is 16.9 Å². The fourth-order valence-corrected chi connectivity index (χ4v) is 4.52. The van der Waals surface area contributed by atoms with Crippen LogP contribution in [0.3, 0.4) is 0 Å². The smallest absolute Gasteiger partial charge is 0.223 e. The summed E-state index contributed by atoms with van der Waals surface area (Å²) in [7, 11) is 2.01. The Morgan fingerprint density at radius 1 is 1.19 bits per heavy atom. The van der Waals surface area contributed by atoms with Crippen LogP contribution < -0.4 is 5.43 Å². The predicted molar refractivity (Wildman–Crippen MR) is 101 cm³/mol. The van der Waals surface area contributed by atoms with Gasteiger partial charge in [0.2, 0.25) is 5.91 Å². The van der Waals surface area contributed by atoms with Crippen LogP contribution in [-0.2, 0) is 11.3 Å². The molecule has 2 heterocycles. The van der Waals surface area contributed by atoms with E-state index >= 15 is 0 Å². The molecule has 1 aromatic carbocycles. The van der Waals surface area contributed by atoms with E-state index < -0.39 is 0 Å². The van der Waals surface area contributed by atoms with E-state index in [0.717, 1.165) is 25.9 Å². The zero-order chi connectivity index (χ0) is 18.1. The molecule has 1 saturated heterocycles. The molecule has 0 bridgehead atoms. The molecule has 1 atom stereocenters. The summed E-state index contributed by atoms with van der Waals surface area (Å²) in [5.74, 6) is 0.654. The second-order valence-electron chi connectivity index (χ2n) is 7.84. The van der Waals surface area contributed by atoms with Crippen LogP contribution in [0.15, 0.2) is 39.7 Å². The number of fused-ring (bicyclic) bond motifs is 1. The maximum absolute atomic E-state index is 12.6. The fourth-order valence-electron chi connectivity index (χ4n) is 4.52. The molecular formula is C21H26N2O3. The number of nitrogens with zero attached hydrogens (tertiary/aromatic N) is 2. The Kier molecular flexibility index (Phi) is 4.81. The number of hydrogen-bond donors (Lipinski definition) is 0. The Balaban J connectivity index is 1.40. The highest BCUT2D eigenvalue weighted by Gasteiger charge is 2.35. The van der Waals surface area contributed by atoms with Crippen LogP contribution in [0.4, 0.5) is 0 Å². The van der Waals surface area contributed by atoms with Crippen LogP contribution >= 0.6 is 0 Å². The quantitative estimate of drug-likeness (QED) is 0.828. The van der Waals surface area contributed by atoms with E-state index in [2.05, 4.69) is 9.80 Å². The summed E-state index contributed by atoms with van der Waals surface area (Å²) in [4.78, 5) is 29.2. The molecule has 1 unspecified atom stereocenters. The molecule has 26 heavy (non-hydrogen) atoms. The van der Waals surface area contributed by atoms with Crippen molar-refractivity contribution in [2.75, 3.05) is 20.1 Å². The maximum Gasteiger partial charge on any atom is 0.223 e. The first-order valence-electron chi connectivity index (χ1n) is 9.59. The molecule has 0 radical (unpaired) electrons. The Bertz CT molecular complexity index is 854. The van der Waals surface area contributed by atoms with Gasteiger partial charge in [0.25, 0.3) is 0 Å². The van der Waals surface area contributed by atoms with Crippen molar-refractivity contribution in [1.29, 1.82) is 0 Å². The van der Waals surface area contributed by atoms with Crippen LogP contribution in [0.5, 0.6) is 0 Å². The Morgan fingerprint density at radius 2 is 1.96 bits per heavy atom. The zero-order valence-corrected chi connectivity index (χ0v) is 15.3. The molecule has 0 spiro atoms. The minimum absolute atomic E-state index is 0.0359. The third kappa shape index (κ3) is 3.40. The first-order chi connectivity index (χ1) is 12.6. The van der Waals surface area contributed by atoms with Crippen LogP contribution in [0.1, 0.15) is 37.7 Å². The van der Waals surface area contributed by atoms with Gasteiger partial charge in [0, 0.05) is 37.7 Å². The number of para-hydroxylation sites is 1. The number of carbonyl (C=O) groups is 1. The van der Waals surface area contributed by atoms with E-state index in [1.807, 2.05) is 25.2 Å². The second kappa shape index (κ2) is 7.23. The Labute approximate surface area is 153 Å². The summed E-state index contributed by atoms with van der Waals surface area (Å²) >= 11 is 0. The van der Waals surface area contributed by atoms with Gasteiger partial charge in [0.1, 0.15) is 5.58 Å². The Hall–Kier alpha value is -2.14. The summed E-state index contributed by atoms with van der Waals surface area (Å²) in [6.45, 7) is 2.22. The van der Waals surface area contributed by atoms with E-state index in [1.165, 1.54) is 12.8 Å². The van der Waals surface area contributed by atoms with Crippen molar-refractivity contribution in [3.63, 3.8) is 0 Å². The summed E-state index contributed by atoms with van der Waals surface area (Å²) in [5, 5.41) is 0.627. The summed E-state index contributed by atoms with van der Waals surface area (Å²) in [5.41, 5.74) is 1.33. The molecule has 4 rings (SSSR count). The highest BCUT2D eigenvalue weighted by atomic mass is 16.3. The highest BCUT2D eigenvalue weighted by molar-refractivity contribution is 5.79. The normalized spacial score (nSPS) is 21.4. The maximum atomic E-state index is 12.6. The van der Waals surface area contributed by atoms with Gasteiger partial charge in [-0.2, -0.15) is 0 Å². The molecule has 1 amide bonds. The number of hydrogen-bond acceptors (Lipinski definition) is 4. The highest BCUT2D eigenvalue weighted by Crippen LogP contribution is 2.29. The summed E-state index contributed by atoms with van der Waals surface area (Å²) in [6, 6.07) is 7.80. The monoisotopic (exact) mass is 354 g/mol. The van der Waals surface area contributed by atoms with Crippen molar-refractivity contribution in [1.82, 2.24) is 9.80 Å². The summed E-state index contributed by atoms with van der Waals surface area (Å²) in [6.07, 6.45) is 7.02. The molecule has 2 aliphatic rings. The lowest BCUT2D eigenvalue weighted by Crippen LogP contribution is -2.35. The number of rotatable bonds is 5. The summed E-state index contributed by atoms with van der Waals surface area (Å²) < 4.78 is 5.61. The van der Waals surface area contributed by atoms with E-state index in [0.29, 0.717) is 47.4 Å². The lowest BCUT2D eigenvalue weighted by Gasteiger charge is -2.25. The predicted octanol–water partition coefficient (Wildman–Crippen LogP) is 3.02. The standard InChI is InChI=1S/C21H26N2O3/c1-22(11-15-10-20(24)23(12-15)17-6-2-3-7-17)13-16-14-26-19-9-5-4-8-18(19)21(16)25/h4-5,8-9,14-15,17H,2-3,6-7,10-13H2,1H3. The number of likely N-dealkylation sites (tertiary alicyclic amines) is 1. The minimum Gasteiger partial charge on any atom is -0.464 e. The number of benzene rings is 1. The second-order valence-corrected chi connectivity index (χ2v) is 7.84. The van der Waals surface area contributed by atoms with Crippen molar-refractivity contribution in [2.45, 2.75) is 44.7 Å². The molecule has 138 valence electrons. The largest absolute Gasteiger partial charge is 0.464 e. The van der Waals surface area contributed by atoms with E-state index in [9.17, 15) is 9.59 Å². The molecule has 1 aliphatic heterocycles. The van der Waals surface area contributed by atoms with Gasteiger partial charge in [0.15, 0.2) is 5.43 Å². The van der Waals surface area contributed by atoms with Gasteiger partial charge in [0.05, 0.1) is 11.6 Å². The SMILES string of the molecule is CN(Cc1coc2ccccc2c1=O)CC1CC(=O)N(C2CCCC2)C1. The molecule has 5 nitrogen and oxygen atoms in total. The molecule has 1 aromatic heterocycles. The van der Waals surface area contributed by atoms with Crippen molar-refractivity contribution in [3.8, 4) is 0 Å². The van der Waals surface area contributed by atoms with E-state index in [4.69, 9.17) is 4.42 Å².